The van der Waals surface area contributed by atoms with Gasteiger partial charge in [0, 0.05) is 29.9 Å². The van der Waals surface area contributed by atoms with Crippen LogP contribution in [0.3, 0.4) is 0 Å². The molecule has 8 heteroatoms. The third kappa shape index (κ3) is 3.29. The van der Waals surface area contributed by atoms with Gasteiger partial charge in [0.05, 0.1) is 11.4 Å². The molecule has 0 amide bonds. The SMILES string of the molecule is Clc1cn(-c2cc[n+](Nc3cccc(-c4nncn4C4CC4)c3)cc2)cn1. The molecule has 0 atom stereocenters. The molecule has 1 fully saturated rings. The van der Waals surface area contributed by atoms with Crippen LogP contribution in [0, 0.1) is 0 Å². The Morgan fingerprint density at radius 1 is 1.11 bits per heavy atom. The third-order valence-corrected chi connectivity index (χ3v) is 4.75. The number of pyridine rings is 1. The van der Waals surface area contributed by atoms with E-state index in [9.17, 15) is 0 Å². The lowest BCUT2D eigenvalue weighted by Gasteiger charge is -2.07. The molecule has 27 heavy (non-hydrogen) atoms. The van der Waals surface area contributed by atoms with Gasteiger partial charge in [0.15, 0.2) is 5.82 Å². The molecule has 0 spiro atoms. The number of anilines is 1. The predicted octanol–water partition coefficient (Wildman–Crippen LogP) is 3.28. The van der Waals surface area contributed by atoms with E-state index >= 15 is 0 Å². The van der Waals surface area contributed by atoms with E-state index in [0.29, 0.717) is 11.2 Å². The van der Waals surface area contributed by atoms with Crippen molar-refractivity contribution in [3.63, 3.8) is 0 Å². The molecule has 134 valence electrons. The van der Waals surface area contributed by atoms with Gasteiger partial charge in [-0.15, -0.1) is 10.2 Å². The van der Waals surface area contributed by atoms with Crippen molar-refractivity contribution in [3.05, 3.63) is 72.8 Å². The van der Waals surface area contributed by atoms with Crippen molar-refractivity contribution in [2.45, 2.75) is 18.9 Å². The van der Waals surface area contributed by atoms with E-state index in [2.05, 4.69) is 37.3 Å². The molecule has 0 saturated heterocycles. The van der Waals surface area contributed by atoms with Gasteiger partial charge in [-0.2, -0.15) is 5.43 Å². The van der Waals surface area contributed by atoms with Crippen LogP contribution in [0.4, 0.5) is 5.69 Å². The molecule has 0 unspecified atom stereocenters. The van der Waals surface area contributed by atoms with E-state index in [-0.39, 0.29) is 0 Å². The maximum absolute atomic E-state index is 5.88. The monoisotopic (exact) mass is 378 g/mol. The number of imidazole rings is 1. The van der Waals surface area contributed by atoms with Crippen LogP contribution in [0.5, 0.6) is 0 Å². The molecule has 1 saturated carbocycles. The van der Waals surface area contributed by atoms with Crippen molar-refractivity contribution < 1.29 is 4.68 Å². The van der Waals surface area contributed by atoms with Gasteiger partial charge < -0.3 is 9.13 Å². The summed E-state index contributed by atoms with van der Waals surface area (Å²) in [7, 11) is 0. The Morgan fingerprint density at radius 2 is 1.96 bits per heavy atom. The minimum Gasteiger partial charge on any atom is -0.310 e. The third-order valence-electron chi connectivity index (χ3n) is 4.55. The molecule has 7 nitrogen and oxygen atoms in total. The standard InChI is InChI=1S/C19H17ClN7/c20-18-11-25(12-21-18)16-6-8-26(9-7-16)24-15-3-1-2-14(10-15)19-23-22-13-27(19)17-4-5-17/h1-3,6-13,17,24H,4-5H2/q+1. The first-order valence-corrected chi connectivity index (χ1v) is 9.12. The highest BCUT2D eigenvalue weighted by atomic mass is 35.5. The molecule has 0 aliphatic heterocycles. The normalized spacial score (nSPS) is 13.7. The Morgan fingerprint density at radius 3 is 2.70 bits per heavy atom. The summed E-state index contributed by atoms with van der Waals surface area (Å²) in [6.07, 6.45) is 11.6. The molecule has 1 aliphatic carbocycles. The molecule has 3 heterocycles. The highest BCUT2D eigenvalue weighted by Crippen LogP contribution is 2.37. The molecule has 1 N–H and O–H groups in total. The highest BCUT2D eigenvalue weighted by molar-refractivity contribution is 6.29. The van der Waals surface area contributed by atoms with Gasteiger partial charge in [-0.3, -0.25) is 0 Å². The number of aromatic nitrogens is 6. The van der Waals surface area contributed by atoms with E-state index in [1.165, 1.54) is 12.8 Å². The smallest absolute Gasteiger partial charge is 0.201 e. The zero-order valence-electron chi connectivity index (χ0n) is 14.4. The van der Waals surface area contributed by atoms with Crippen molar-refractivity contribution in [2.75, 3.05) is 5.43 Å². The number of rotatable bonds is 5. The van der Waals surface area contributed by atoms with Crippen molar-refractivity contribution in [1.29, 1.82) is 0 Å². The van der Waals surface area contributed by atoms with Gasteiger partial charge in [0.25, 0.3) is 0 Å². The average molecular weight is 379 g/mol. The summed E-state index contributed by atoms with van der Waals surface area (Å²) in [6, 6.07) is 12.7. The molecule has 0 bridgehead atoms. The molecule has 5 rings (SSSR count). The van der Waals surface area contributed by atoms with E-state index < -0.39 is 0 Å². The van der Waals surface area contributed by atoms with Crippen LogP contribution in [0.25, 0.3) is 17.1 Å². The van der Waals surface area contributed by atoms with E-state index in [4.69, 9.17) is 11.6 Å². The van der Waals surface area contributed by atoms with Crippen LogP contribution >= 0.6 is 11.6 Å². The van der Waals surface area contributed by atoms with E-state index in [0.717, 1.165) is 22.8 Å². The van der Waals surface area contributed by atoms with Gasteiger partial charge in [-0.05, 0) is 25.0 Å². The van der Waals surface area contributed by atoms with Gasteiger partial charge in [-0.1, -0.05) is 28.4 Å². The van der Waals surface area contributed by atoms with Gasteiger partial charge in [-0.25, -0.2) is 4.98 Å². The second-order valence-corrected chi connectivity index (χ2v) is 6.94. The molecular formula is C19H17ClN7+. The first-order valence-electron chi connectivity index (χ1n) is 8.74. The maximum Gasteiger partial charge on any atom is 0.201 e. The fraction of sp³-hybridized carbons (Fsp3) is 0.158. The fourth-order valence-electron chi connectivity index (χ4n) is 3.05. The number of halogens is 1. The first kappa shape index (κ1) is 16.0. The summed E-state index contributed by atoms with van der Waals surface area (Å²) in [5.74, 6) is 0.915. The highest BCUT2D eigenvalue weighted by Gasteiger charge is 2.26. The van der Waals surface area contributed by atoms with Crippen LogP contribution in [0.15, 0.2) is 67.6 Å². The zero-order chi connectivity index (χ0) is 18.2. The lowest BCUT2D eigenvalue weighted by Crippen LogP contribution is -2.41. The number of nitrogens with zero attached hydrogens (tertiary/aromatic N) is 6. The average Bonchev–Trinajstić information content (AvgIpc) is 3.25. The minimum atomic E-state index is 0.473. The molecule has 1 aromatic carbocycles. The lowest BCUT2D eigenvalue weighted by atomic mass is 10.2. The van der Waals surface area contributed by atoms with Crippen molar-refractivity contribution in [2.24, 2.45) is 0 Å². The Labute approximate surface area is 160 Å². The van der Waals surface area contributed by atoms with Crippen LogP contribution in [0.1, 0.15) is 18.9 Å². The summed E-state index contributed by atoms with van der Waals surface area (Å²) in [4.78, 5) is 4.03. The summed E-state index contributed by atoms with van der Waals surface area (Å²) in [5.41, 5.74) is 6.37. The minimum absolute atomic E-state index is 0.473. The van der Waals surface area contributed by atoms with E-state index in [1.807, 2.05) is 52.2 Å². The Balaban J connectivity index is 1.37. The van der Waals surface area contributed by atoms with Crippen molar-refractivity contribution in [1.82, 2.24) is 24.3 Å². The van der Waals surface area contributed by atoms with Crippen molar-refractivity contribution >= 4 is 17.3 Å². The number of hydrogen-bond donors (Lipinski definition) is 1. The topological polar surface area (TPSA) is 64.4 Å². The second kappa shape index (κ2) is 6.51. The quantitative estimate of drug-likeness (QED) is 0.541. The van der Waals surface area contributed by atoms with E-state index in [1.54, 1.807) is 12.5 Å². The largest absolute Gasteiger partial charge is 0.310 e. The van der Waals surface area contributed by atoms with Crippen molar-refractivity contribution in [3.8, 4) is 17.1 Å². The van der Waals surface area contributed by atoms with Crippen LogP contribution < -0.4 is 10.1 Å². The summed E-state index contributed by atoms with van der Waals surface area (Å²) >= 11 is 5.88. The first-order chi connectivity index (χ1) is 13.3. The van der Waals surface area contributed by atoms with Crippen LogP contribution in [0.2, 0.25) is 5.15 Å². The molecule has 4 aromatic rings. The van der Waals surface area contributed by atoms with Gasteiger partial charge in [0.2, 0.25) is 12.4 Å². The lowest BCUT2D eigenvalue weighted by molar-refractivity contribution is -0.642. The second-order valence-electron chi connectivity index (χ2n) is 6.55. The van der Waals surface area contributed by atoms with Gasteiger partial charge in [0.1, 0.15) is 17.8 Å². The molecule has 0 radical (unpaired) electrons. The molecular weight excluding hydrogens is 362 g/mol. The zero-order valence-corrected chi connectivity index (χ0v) is 15.2. The molecule has 3 aromatic heterocycles. The Bertz CT molecular complexity index is 1080. The number of hydrogen-bond acceptors (Lipinski definition) is 4. The molecule has 1 aliphatic rings. The van der Waals surface area contributed by atoms with Crippen LogP contribution in [-0.4, -0.2) is 24.3 Å². The summed E-state index contributed by atoms with van der Waals surface area (Å²) < 4.78 is 5.93. The summed E-state index contributed by atoms with van der Waals surface area (Å²) in [5, 5.41) is 8.86. The maximum atomic E-state index is 5.88. The fourth-order valence-corrected chi connectivity index (χ4v) is 3.20. The predicted molar refractivity (Wildman–Crippen MR) is 102 cm³/mol. The van der Waals surface area contributed by atoms with Crippen LogP contribution in [-0.2, 0) is 0 Å². The number of nitrogens with one attached hydrogen (secondary N) is 1. The van der Waals surface area contributed by atoms with Gasteiger partial charge >= 0.3 is 0 Å². The number of benzene rings is 1. The Hall–Kier alpha value is -3.19. The Kier molecular flexibility index (Phi) is 3.86. The summed E-state index contributed by atoms with van der Waals surface area (Å²) in [6.45, 7) is 0.